The lowest BCUT2D eigenvalue weighted by atomic mass is 10.1. The van der Waals surface area contributed by atoms with E-state index in [2.05, 4.69) is 4.98 Å². The quantitative estimate of drug-likeness (QED) is 0.800. The van der Waals surface area contributed by atoms with E-state index in [-0.39, 0.29) is 6.04 Å². The minimum absolute atomic E-state index is 0.0702. The Morgan fingerprint density at radius 2 is 2.21 bits per heavy atom. The maximum Gasteiger partial charge on any atom is 0.282 e. The molecule has 1 unspecified atom stereocenters. The van der Waals surface area contributed by atoms with Gasteiger partial charge in [-0.25, -0.2) is 0 Å². The van der Waals surface area contributed by atoms with Crippen molar-refractivity contribution in [3.05, 3.63) is 42.2 Å². The van der Waals surface area contributed by atoms with Crippen LogP contribution >= 0.6 is 0 Å². The molecule has 3 rings (SSSR count). The van der Waals surface area contributed by atoms with Crippen LogP contribution in [0.25, 0.3) is 10.8 Å². The molecule has 1 aromatic carbocycles. The molecule has 1 aliphatic rings. The highest BCUT2D eigenvalue weighted by atomic mass is 32.2. The second-order valence-corrected chi connectivity index (χ2v) is 8.13. The molecule has 0 saturated carbocycles. The van der Waals surface area contributed by atoms with Crippen LogP contribution in [-0.2, 0) is 21.5 Å². The molecular weight excluding hydrogens is 326 g/mol. The van der Waals surface area contributed by atoms with Crippen LogP contribution in [0.15, 0.2) is 36.7 Å². The molecule has 2 aromatic rings. The van der Waals surface area contributed by atoms with Gasteiger partial charge in [-0.3, -0.25) is 4.98 Å². The Labute approximate surface area is 143 Å². The lowest BCUT2D eigenvalue weighted by molar-refractivity contribution is 0.146. The first-order valence-electron chi connectivity index (χ1n) is 8.07. The molecule has 1 saturated heterocycles. The average Bonchev–Trinajstić information content (AvgIpc) is 3.04. The maximum absolute atomic E-state index is 12.9. The Balaban J connectivity index is 1.84. The molecule has 0 aliphatic carbocycles. The predicted octanol–water partition coefficient (Wildman–Crippen LogP) is 2.02. The second kappa shape index (κ2) is 7.14. The maximum atomic E-state index is 12.9. The van der Waals surface area contributed by atoms with Gasteiger partial charge in [0.15, 0.2) is 0 Å². The molecule has 0 radical (unpaired) electrons. The molecule has 130 valence electrons. The van der Waals surface area contributed by atoms with E-state index in [1.165, 1.54) is 4.31 Å². The SMILES string of the molecule is COCC1CCCN1S(=O)(=O)N(C)Cc1cccc2cnccc12. The van der Waals surface area contributed by atoms with Gasteiger partial charge < -0.3 is 4.74 Å². The van der Waals surface area contributed by atoms with Crippen molar-refractivity contribution in [2.75, 3.05) is 27.3 Å². The number of ether oxygens (including phenoxy) is 1. The van der Waals surface area contributed by atoms with E-state index in [0.29, 0.717) is 19.7 Å². The zero-order chi connectivity index (χ0) is 17.2. The summed E-state index contributed by atoms with van der Waals surface area (Å²) < 4.78 is 34.1. The minimum Gasteiger partial charge on any atom is -0.383 e. The molecular formula is C17H23N3O3S. The van der Waals surface area contributed by atoms with Crippen molar-refractivity contribution in [2.24, 2.45) is 0 Å². The van der Waals surface area contributed by atoms with E-state index in [0.717, 1.165) is 29.2 Å². The largest absolute Gasteiger partial charge is 0.383 e. The normalized spacial score (nSPS) is 19.4. The van der Waals surface area contributed by atoms with Crippen LogP contribution in [0.1, 0.15) is 18.4 Å². The van der Waals surface area contributed by atoms with Crippen LogP contribution in [0.3, 0.4) is 0 Å². The summed E-state index contributed by atoms with van der Waals surface area (Å²) in [6.07, 6.45) is 5.25. The molecule has 0 spiro atoms. The summed E-state index contributed by atoms with van der Waals surface area (Å²) in [5, 5.41) is 2.05. The summed E-state index contributed by atoms with van der Waals surface area (Å²) in [7, 11) is -0.261. The smallest absolute Gasteiger partial charge is 0.282 e. The second-order valence-electron chi connectivity index (χ2n) is 6.14. The number of fused-ring (bicyclic) bond motifs is 1. The Bertz CT molecular complexity index is 804. The highest BCUT2D eigenvalue weighted by Crippen LogP contribution is 2.25. The van der Waals surface area contributed by atoms with Gasteiger partial charge in [-0.1, -0.05) is 18.2 Å². The zero-order valence-corrected chi connectivity index (χ0v) is 14.9. The number of hydrogen-bond acceptors (Lipinski definition) is 4. The monoisotopic (exact) mass is 349 g/mol. The van der Waals surface area contributed by atoms with Gasteiger partial charge in [-0.15, -0.1) is 0 Å². The average molecular weight is 349 g/mol. The topological polar surface area (TPSA) is 62.7 Å². The van der Waals surface area contributed by atoms with Gasteiger partial charge >= 0.3 is 0 Å². The van der Waals surface area contributed by atoms with Crippen LogP contribution in [0.5, 0.6) is 0 Å². The van der Waals surface area contributed by atoms with E-state index in [1.54, 1.807) is 30.9 Å². The molecule has 1 aliphatic heterocycles. The lowest BCUT2D eigenvalue weighted by Gasteiger charge is -2.28. The highest BCUT2D eigenvalue weighted by Gasteiger charge is 2.36. The first-order chi connectivity index (χ1) is 11.5. The summed E-state index contributed by atoms with van der Waals surface area (Å²) in [6, 6.07) is 7.73. The third-order valence-electron chi connectivity index (χ3n) is 4.54. The standard InChI is InChI=1S/C17H23N3O3S/c1-19(24(21,22)20-10-4-7-16(20)13-23-2)12-15-6-3-5-14-11-18-9-8-17(14)15/h3,5-6,8-9,11,16H,4,7,10,12-13H2,1-2H3. The van der Waals surface area contributed by atoms with Crippen molar-refractivity contribution in [3.8, 4) is 0 Å². The van der Waals surface area contributed by atoms with E-state index in [4.69, 9.17) is 4.74 Å². The van der Waals surface area contributed by atoms with Gasteiger partial charge in [-0.05, 0) is 29.9 Å². The molecule has 0 N–H and O–H groups in total. The Morgan fingerprint density at radius 1 is 1.38 bits per heavy atom. The molecule has 0 amide bonds. The number of pyridine rings is 1. The van der Waals surface area contributed by atoms with Gasteiger partial charge in [0.25, 0.3) is 10.2 Å². The first-order valence-corrected chi connectivity index (χ1v) is 9.47. The molecule has 1 atom stereocenters. The Morgan fingerprint density at radius 3 is 3.00 bits per heavy atom. The minimum atomic E-state index is -3.51. The number of benzene rings is 1. The number of rotatable bonds is 6. The fraction of sp³-hybridized carbons (Fsp3) is 0.471. The van der Waals surface area contributed by atoms with Crippen LogP contribution in [0, 0.1) is 0 Å². The van der Waals surface area contributed by atoms with Gasteiger partial charge in [0.2, 0.25) is 0 Å². The van der Waals surface area contributed by atoms with Gasteiger partial charge in [0.05, 0.1) is 6.61 Å². The number of nitrogens with zero attached hydrogens (tertiary/aromatic N) is 3. The van der Waals surface area contributed by atoms with Gasteiger partial charge in [0, 0.05) is 51.1 Å². The highest BCUT2D eigenvalue weighted by molar-refractivity contribution is 7.86. The van der Waals surface area contributed by atoms with Crippen molar-refractivity contribution in [1.82, 2.24) is 13.6 Å². The van der Waals surface area contributed by atoms with Gasteiger partial charge in [-0.2, -0.15) is 17.0 Å². The van der Waals surface area contributed by atoms with Crippen molar-refractivity contribution in [3.63, 3.8) is 0 Å². The third kappa shape index (κ3) is 3.30. The Hall–Kier alpha value is -1.54. The van der Waals surface area contributed by atoms with E-state index < -0.39 is 10.2 Å². The van der Waals surface area contributed by atoms with Crippen molar-refractivity contribution >= 4 is 21.0 Å². The van der Waals surface area contributed by atoms with Crippen LogP contribution in [0.2, 0.25) is 0 Å². The predicted molar refractivity (Wildman–Crippen MR) is 93.7 cm³/mol. The van der Waals surface area contributed by atoms with Crippen LogP contribution < -0.4 is 0 Å². The van der Waals surface area contributed by atoms with Crippen LogP contribution in [0.4, 0.5) is 0 Å². The molecule has 0 bridgehead atoms. The molecule has 24 heavy (non-hydrogen) atoms. The van der Waals surface area contributed by atoms with Gasteiger partial charge in [0.1, 0.15) is 0 Å². The van der Waals surface area contributed by atoms with Crippen molar-refractivity contribution < 1.29 is 13.2 Å². The summed E-state index contributed by atoms with van der Waals surface area (Å²) in [6.45, 7) is 1.33. The third-order valence-corrected chi connectivity index (χ3v) is 6.53. The summed E-state index contributed by atoms with van der Waals surface area (Å²) >= 11 is 0. The summed E-state index contributed by atoms with van der Waals surface area (Å²) in [4.78, 5) is 4.12. The zero-order valence-electron chi connectivity index (χ0n) is 14.1. The van der Waals surface area contributed by atoms with E-state index in [9.17, 15) is 8.42 Å². The molecule has 1 aromatic heterocycles. The Kier molecular flexibility index (Phi) is 5.15. The molecule has 2 heterocycles. The lowest BCUT2D eigenvalue weighted by Crippen LogP contribution is -2.45. The number of aromatic nitrogens is 1. The fourth-order valence-corrected chi connectivity index (χ4v) is 4.86. The summed E-state index contributed by atoms with van der Waals surface area (Å²) in [5.41, 5.74) is 0.975. The van der Waals surface area contributed by atoms with Crippen molar-refractivity contribution in [2.45, 2.75) is 25.4 Å². The summed E-state index contributed by atoms with van der Waals surface area (Å²) in [5.74, 6) is 0. The van der Waals surface area contributed by atoms with Crippen molar-refractivity contribution in [1.29, 1.82) is 0 Å². The number of methoxy groups -OCH3 is 1. The number of hydrogen-bond donors (Lipinski definition) is 0. The molecule has 7 heteroatoms. The first kappa shape index (κ1) is 17.3. The fourth-order valence-electron chi connectivity index (χ4n) is 3.30. The van der Waals surface area contributed by atoms with E-state index in [1.807, 2.05) is 24.3 Å². The van der Waals surface area contributed by atoms with E-state index >= 15 is 0 Å². The molecule has 6 nitrogen and oxygen atoms in total. The molecule has 1 fully saturated rings. The van der Waals surface area contributed by atoms with Crippen LogP contribution in [-0.4, -0.2) is 55.4 Å².